The number of amides is 3. The molecule has 3 aliphatic rings. The van der Waals surface area contributed by atoms with E-state index in [1.54, 1.807) is 17.0 Å². The summed E-state index contributed by atoms with van der Waals surface area (Å²) in [7, 11) is 0. The van der Waals surface area contributed by atoms with Gasteiger partial charge in [0.25, 0.3) is 5.91 Å². The highest BCUT2D eigenvalue weighted by Crippen LogP contribution is 2.33. The van der Waals surface area contributed by atoms with Gasteiger partial charge in [-0.1, -0.05) is 23.8 Å². The van der Waals surface area contributed by atoms with Crippen LogP contribution in [0.1, 0.15) is 43.7 Å². The number of carbonyl (C=O) groups is 2. The number of rotatable bonds is 4. The van der Waals surface area contributed by atoms with Gasteiger partial charge in [-0.2, -0.15) is 0 Å². The van der Waals surface area contributed by atoms with Gasteiger partial charge >= 0.3 is 6.03 Å². The first-order valence-electron chi connectivity index (χ1n) is 9.15. The molecule has 136 valence electrons. The van der Waals surface area contributed by atoms with Gasteiger partial charge in [0, 0.05) is 6.54 Å². The van der Waals surface area contributed by atoms with Gasteiger partial charge in [0.1, 0.15) is 5.82 Å². The van der Waals surface area contributed by atoms with E-state index < -0.39 is 6.04 Å². The summed E-state index contributed by atoms with van der Waals surface area (Å²) in [5.74, 6) is -0.470. The van der Waals surface area contributed by atoms with Gasteiger partial charge in [-0.05, 0) is 49.8 Å². The van der Waals surface area contributed by atoms with Crippen LogP contribution in [0.2, 0.25) is 0 Å². The lowest BCUT2D eigenvalue weighted by Crippen LogP contribution is -2.44. The van der Waals surface area contributed by atoms with Crippen molar-refractivity contribution in [2.75, 3.05) is 13.1 Å². The van der Waals surface area contributed by atoms with Crippen LogP contribution in [-0.2, 0) is 4.79 Å². The number of benzene rings is 1. The molecule has 6 heteroatoms. The summed E-state index contributed by atoms with van der Waals surface area (Å²) in [6.45, 7) is 1.05. The van der Waals surface area contributed by atoms with Crippen LogP contribution in [0, 0.1) is 5.82 Å². The topological polar surface area (TPSA) is 61.4 Å². The molecule has 4 rings (SSSR count). The van der Waals surface area contributed by atoms with E-state index in [0.717, 1.165) is 19.3 Å². The van der Waals surface area contributed by atoms with Crippen molar-refractivity contribution in [3.8, 4) is 0 Å². The molecule has 0 unspecified atom stereocenters. The molecule has 0 radical (unpaired) electrons. The Hall–Kier alpha value is -2.63. The van der Waals surface area contributed by atoms with E-state index in [2.05, 4.69) is 16.7 Å². The van der Waals surface area contributed by atoms with Crippen molar-refractivity contribution in [3.63, 3.8) is 0 Å². The van der Waals surface area contributed by atoms with Gasteiger partial charge < -0.3 is 15.5 Å². The Balaban J connectivity index is 1.53. The molecule has 2 heterocycles. The monoisotopic (exact) mass is 355 g/mol. The van der Waals surface area contributed by atoms with E-state index in [1.807, 2.05) is 0 Å². The van der Waals surface area contributed by atoms with E-state index in [9.17, 15) is 14.0 Å². The molecule has 3 amide bonds. The summed E-state index contributed by atoms with van der Waals surface area (Å²) >= 11 is 0. The predicted molar refractivity (Wildman–Crippen MR) is 95.6 cm³/mol. The molecule has 2 aliphatic heterocycles. The molecule has 0 aromatic heterocycles. The van der Waals surface area contributed by atoms with Gasteiger partial charge in [-0.3, -0.25) is 4.79 Å². The highest BCUT2D eigenvalue weighted by molar-refractivity contribution is 6.01. The van der Waals surface area contributed by atoms with Crippen LogP contribution in [-0.4, -0.2) is 29.9 Å². The van der Waals surface area contributed by atoms with Crippen molar-refractivity contribution >= 4 is 11.9 Å². The summed E-state index contributed by atoms with van der Waals surface area (Å²) < 4.78 is 13.6. The highest BCUT2D eigenvalue weighted by atomic mass is 19.1. The summed E-state index contributed by atoms with van der Waals surface area (Å²) in [4.78, 5) is 26.7. The summed E-state index contributed by atoms with van der Waals surface area (Å²) in [6.07, 6.45) is 7.86. The van der Waals surface area contributed by atoms with Gasteiger partial charge in [0.2, 0.25) is 0 Å². The fourth-order valence-corrected chi connectivity index (χ4v) is 3.96. The van der Waals surface area contributed by atoms with Crippen LogP contribution in [0.3, 0.4) is 0 Å². The van der Waals surface area contributed by atoms with Crippen molar-refractivity contribution < 1.29 is 14.0 Å². The quantitative estimate of drug-likeness (QED) is 0.815. The summed E-state index contributed by atoms with van der Waals surface area (Å²) in [5.41, 5.74) is 3.15. The molecule has 0 saturated carbocycles. The number of hydrogen-bond donors (Lipinski definition) is 2. The maximum atomic E-state index is 13.6. The Labute approximate surface area is 151 Å². The highest BCUT2D eigenvalue weighted by Gasteiger charge is 2.40. The van der Waals surface area contributed by atoms with Crippen LogP contribution in [0.25, 0.3) is 0 Å². The number of hydrogen-bond acceptors (Lipinski definition) is 2. The normalized spacial score (nSPS) is 22.7. The van der Waals surface area contributed by atoms with E-state index in [-0.39, 0.29) is 17.8 Å². The Morgan fingerprint density at radius 2 is 2.12 bits per heavy atom. The third kappa shape index (κ3) is 3.23. The average molecular weight is 355 g/mol. The number of allylic oxidation sites excluding steroid dienone is 1. The molecule has 0 spiro atoms. The fraction of sp³-hybridized carbons (Fsp3) is 0.400. The third-order valence-corrected chi connectivity index (χ3v) is 5.29. The van der Waals surface area contributed by atoms with Crippen molar-refractivity contribution in [2.24, 2.45) is 0 Å². The molecule has 26 heavy (non-hydrogen) atoms. The first kappa shape index (κ1) is 16.8. The van der Waals surface area contributed by atoms with Crippen molar-refractivity contribution in [2.45, 2.75) is 38.1 Å². The average Bonchev–Trinajstić information content (AvgIpc) is 2.96. The van der Waals surface area contributed by atoms with Crippen LogP contribution in [0.4, 0.5) is 9.18 Å². The Morgan fingerprint density at radius 3 is 2.88 bits per heavy atom. The first-order valence-corrected chi connectivity index (χ1v) is 9.15. The Bertz CT molecular complexity index is 815. The summed E-state index contributed by atoms with van der Waals surface area (Å²) in [5, 5.41) is 5.50. The second kappa shape index (κ2) is 6.94. The molecule has 1 aromatic carbocycles. The van der Waals surface area contributed by atoms with Gasteiger partial charge in [-0.15, -0.1) is 0 Å². The lowest BCUT2D eigenvalue weighted by Gasteiger charge is -2.25. The smallest absolute Gasteiger partial charge is 0.319 e. The second-order valence-corrected chi connectivity index (χ2v) is 7.06. The molecular weight excluding hydrogens is 333 g/mol. The molecule has 2 N–H and O–H groups in total. The largest absolute Gasteiger partial charge is 0.333 e. The molecular formula is C20H22FN3O2. The molecule has 1 aromatic rings. The van der Waals surface area contributed by atoms with Crippen molar-refractivity contribution in [1.29, 1.82) is 0 Å². The SMILES string of the molecule is O=C1NC2=C(C(=O)N(CCC3=CCCCC3)C2)[C@@H](c2cccc(F)c2)N1. The third-order valence-electron chi connectivity index (χ3n) is 5.29. The zero-order chi connectivity index (χ0) is 18.1. The second-order valence-electron chi connectivity index (χ2n) is 7.06. The molecule has 1 atom stereocenters. The zero-order valence-corrected chi connectivity index (χ0v) is 14.6. The minimum atomic E-state index is -0.610. The fourth-order valence-electron chi connectivity index (χ4n) is 3.96. The molecule has 0 bridgehead atoms. The molecule has 0 saturated heterocycles. The number of nitrogens with zero attached hydrogens (tertiary/aromatic N) is 1. The van der Waals surface area contributed by atoms with E-state index in [4.69, 9.17) is 0 Å². The number of halogens is 1. The van der Waals surface area contributed by atoms with Crippen LogP contribution in [0.15, 0.2) is 47.2 Å². The van der Waals surface area contributed by atoms with Crippen molar-refractivity contribution in [3.05, 3.63) is 58.6 Å². The van der Waals surface area contributed by atoms with Crippen LogP contribution >= 0.6 is 0 Å². The standard InChI is InChI=1S/C20H22FN3O2/c21-15-8-4-7-14(11-15)18-17-16(22-20(26)23-18)12-24(19(17)25)10-9-13-5-2-1-3-6-13/h4-5,7-8,11,18H,1-3,6,9-10,12H2,(H2,22,23,26)/t18-/m1/s1. The van der Waals surface area contributed by atoms with Crippen LogP contribution in [0.5, 0.6) is 0 Å². The Morgan fingerprint density at radius 1 is 1.23 bits per heavy atom. The van der Waals surface area contributed by atoms with Crippen LogP contribution < -0.4 is 10.6 Å². The van der Waals surface area contributed by atoms with E-state index >= 15 is 0 Å². The molecule has 0 fully saturated rings. The van der Waals surface area contributed by atoms with Gasteiger partial charge in [0.05, 0.1) is 23.9 Å². The molecule has 1 aliphatic carbocycles. The lowest BCUT2D eigenvalue weighted by molar-refractivity contribution is -0.125. The molecule has 5 nitrogen and oxygen atoms in total. The summed E-state index contributed by atoms with van der Waals surface area (Å²) in [6, 6.07) is 5.06. The van der Waals surface area contributed by atoms with Gasteiger partial charge in [-0.25, -0.2) is 9.18 Å². The minimum Gasteiger partial charge on any atom is -0.333 e. The van der Waals surface area contributed by atoms with Gasteiger partial charge in [0.15, 0.2) is 0 Å². The van der Waals surface area contributed by atoms with Crippen molar-refractivity contribution in [1.82, 2.24) is 15.5 Å². The lowest BCUT2D eigenvalue weighted by atomic mass is 9.96. The number of carbonyl (C=O) groups excluding carboxylic acids is 2. The maximum absolute atomic E-state index is 13.6. The van der Waals surface area contributed by atoms with E-state index in [0.29, 0.717) is 29.9 Å². The maximum Gasteiger partial charge on any atom is 0.319 e. The predicted octanol–water partition coefficient (Wildman–Crippen LogP) is 3.17. The number of nitrogens with one attached hydrogen (secondary N) is 2. The zero-order valence-electron chi connectivity index (χ0n) is 14.6. The first-order chi connectivity index (χ1) is 12.6. The van der Waals surface area contributed by atoms with E-state index in [1.165, 1.54) is 30.5 Å². The minimum absolute atomic E-state index is 0.0850. The Kier molecular flexibility index (Phi) is 4.49. The number of urea groups is 1.